The standard InChI is InChI=1S/C20H20N2O8/c1-26-13-7-12(8-14(9-13)27-2)20(25)29-11-18(23)21-22-19(24)17-10-28-15-5-3-4-6-16(15)30-17/h3-9,17H,10-11H2,1-2H3,(H,21,23)(H,22,24)/t17-/m0/s1. The Bertz CT molecular complexity index is 924. The van der Waals surface area contributed by atoms with Crippen molar-refractivity contribution < 1.29 is 38.1 Å². The van der Waals surface area contributed by atoms with Gasteiger partial charge in [-0.05, 0) is 24.3 Å². The average molecular weight is 416 g/mol. The molecule has 3 rings (SSSR count). The van der Waals surface area contributed by atoms with Crippen molar-refractivity contribution in [3.05, 3.63) is 48.0 Å². The van der Waals surface area contributed by atoms with Gasteiger partial charge in [-0.15, -0.1) is 0 Å². The third-order valence-electron chi connectivity index (χ3n) is 4.05. The molecule has 1 heterocycles. The van der Waals surface area contributed by atoms with E-state index in [-0.39, 0.29) is 12.2 Å². The molecule has 0 saturated heterocycles. The number of hydrogen-bond acceptors (Lipinski definition) is 8. The van der Waals surface area contributed by atoms with Crippen LogP contribution in [0.4, 0.5) is 0 Å². The van der Waals surface area contributed by atoms with Gasteiger partial charge in [0, 0.05) is 6.07 Å². The topological polar surface area (TPSA) is 121 Å². The molecule has 0 spiro atoms. The van der Waals surface area contributed by atoms with E-state index in [1.165, 1.54) is 26.4 Å². The lowest BCUT2D eigenvalue weighted by Gasteiger charge is -2.25. The fourth-order valence-electron chi connectivity index (χ4n) is 2.54. The fourth-order valence-corrected chi connectivity index (χ4v) is 2.54. The molecule has 0 aromatic heterocycles. The van der Waals surface area contributed by atoms with Crippen LogP contribution >= 0.6 is 0 Å². The van der Waals surface area contributed by atoms with Crippen LogP contribution in [0.3, 0.4) is 0 Å². The minimum Gasteiger partial charge on any atom is -0.497 e. The molecular weight excluding hydrogens is 396 g/mol. The Morgan fingerprint density at radius 1 is 1.00 bits per heavy atom. The van der Waals surface area contributed by atoms with E-state index in [4.69, 9.17) is 23.7 Å². The van der Waals surface area contributed by atoms with Gasteiger partial charge in [-0.1, -0.05) is 12.1 Å². The number of benzene rings is 2. The van der Waals surface area contributed by atoms with Gasteiger partial charge in [0.15, 0.2) is 18.1 Å². The second-order valence-corrected chi connectivity index (χ2v) is 6.08. The maximum Gasteiger partial charge on any atom is 0.338 e. The van der Waals surface area contributed by atoms with E-state index in [9.17, 15) is 14.4 Å². The van der Waals surface area contributed by atoms with Crippen LogP contribution in [-0.2, 0) is 14.3 Å². The first kappa shape index (κ1) is 20.8. The minimum atomic E-state index is -0.938. The molecule has 10 heteroatoms. The second kappa shape index (κ2) is 9.50. The van der Waals surface area contributed by atoms with Crippen LogP contribution in [0.15, 0.2) is 42.5 Å². The molecule has 2 amide bonds. The molecule has 0 aliphatic carbocycles. The maximum absolute atomic E-state index is 12.2. The van der Waals surface area contributed by atoms with Crippen molar-refractivity contribution in [1.82, 2.24) is 10.9 Å². The molecule has 10 nitrogen and oxygen atoms in total. The number of esters is 1. The van der Waals surface area contributed by atoms with E-state index in [0.717, 1.165) is 0 Å². The maximum atomic E-state index is 12.2. The van der Waals surface area contributed by atoms with Gasteiger partial charge < -0.3 is 23.7 Å². The highest BCUT2D eigenvalue weighted by Gasteiger charge is 2.27. The summed E-state index contributed by atoms with van der Waals surface area (Å²) in [7, 11) is 2.89. The summed E-state index contributed by atoms with van der Waals surface area (Å²) in [6.07, 6.45) is -0.938. The summed E-state index contributed by atoms with van der Waals surface area (Å²) in [6, 6.07) is 11.4. The molecule has 1 atom stereocenters. The third kappa shape index (κ3) is 5.10. The zero-order chi connectivity index (χ0) is 21.5. The number of hydrogen-bond donors (Lipinski definition) is 2. The lowest BCUT2D eigenvalue weighted by molar-refractivity contribution is -0.135. The highest BCUT2D eigenvalue weighted by Crippen LogP contribution is 2.30. The highest BCUT2D eigenvalue weighted by atomic mass is 16.6. The lowest BCUT2D eigenvalue weighted by atomic mass is 10.2. The smallest absolute Gasteiger partial charge is 0.338 e. The Morgan fingerprint density at radius 3 is 2.33 bits per heavy atom. The molecule has 158 valence electrons. The van der Waals surface area contributed by atoms with E-state index >= 15 is 0 Å². The van der Waals surface area contributed by atoms with E-state index in [1.807, 2.05) is 0 Å². The Morgan fingerprint density at radius 2 is 1.67 bits per heavy atom. The molecule has 2 aromatic carbocycles. The Labute approximate surface area is 172 Å². The van der Waals surface area contributed by atoms with E-state index in [1.54, 1.807) is 30.3 Å². The van der Waals surface area contributed by atoms with Crippen molar-refractivity contribution in [1.29, 1.82) is 0 Å². The molecule has 0 radical (unpaired) electrons. The van der Waals surface area contributed by atoms with Crippen LogP contribution in [0.1, 0.15) is 10.4 Å². The minimum absolute atomic E-state index is 0.00856. The number of hydrazine groups is 1. The van der Waals surface area contributed by atoms with Gasteiger partial charge in [0.1, 0.15) is 18.1 Å². The normalized spacial score (nSPS) is 14.3. The molecule has 0 fully saturated rings. The van der Waals surface area contributed by atoms with Crippen LogP contribution in [0, 0.1) is 0 Å². The van der Waals surface area contributed by atoms with Crippen LogP contribution in [-0.4, -0.2) is 51.3 Å². The number of carbonyl (C=O) groups excluding carboxylic acids is 3. The molecule has 30 heavy (non-hydrogen) atoms. The first-order chi connectivity index (χ1) is 14.5. The zero-order valence-electron chi connectivity index (χ0n) is 16.3. The summed E-state index contributed by atoms with van der Waals surface area (Å²) in [5.74, 6) is -0.340. The third-order valence-corrected chi connectivity index (χ3v) is 4.05. The average Bonchev–Trinajstić information content (AvgIpc) is 2.80. The van der Waals surface area contributed by atoms with Gasteiger partial charge in [0.05, 0.1) is 19.8 Å². The van der Waals surface area contributed by atoms with Crippen LogP contribution in [0.5, 0.6) is 23.0 Å². The molecular formula is C20H20N2O8. The molecule has 0 saturated carbocycles. The summed E-state index contributed by atoms with van der Waals surface area (Å²) in [4.78, 5) is 36.2. The van der Waals surface area contributed by atoms with Gasteiger partial charge >= 0.3 is 5.97 Å². The number of fused-ring (bicyclic) bond motifs is 1. The first-order valence-electron chi connectivity index (χ1n) is 8.87. The zero-order valence-corrected chi connectivity index (χ0v) is 16.3. The van der Waals surface area contributed by atoms with E-state index in [2.05, 4.69) is 10.9 Å². The number of ether oxygens (including phenoxy) is 5. The molecule has 1 aliphatic rings. The quantitative estimate of drug-likeness (QED) is 0.525. The van der Waals surface area contributed by atoms with E-state index < -0.39 is 30.5 Å². The van der Waals surface area contributed by atoms with Crippen LogP contribution < -0.4 is 29.8 Å². The summed E-state index contributed by atoms with van der Waals surface area (Å²) in [5.41, 5.74) is 4.51. The first-order valence-corrected chi connectivity index (χ1v) is 8.87. The summed E-state index contributed by atoms with van der Waals surface area (Å²) < 4.78 is 26.1. The summed E-state index contributed by atoms with van der Waals surface area (Å²) in [6.45, 7) is -0.616. The van der Waals surface area contributed by atoms with Gasteiger partial charge in [0.2, 0.25) is 6.10 Å². The number of para-hydroxylation sites is 2. The molecule has 0 bridgehead atoms. The number of methoxy groups -OCH3 is 2. The van der Waals surface area contributed by atoms with Crippen LogP contribution in [0.2, 0.25) is 0 Å². The Balaban J connectivity index is 1.46. The SMILES string of the molecule is COc1cc(OC)cc(C(=O)OCC(=O)NNC(=O)[C@@H]2COc3ccccc3O2)c1. The predicted molar refractivity (Wildman–Crippen MR) is 102 cm³/mol. The second-order valence-electron chi connectivity index (χ2n) is 6.08. The molecule has 2 N–H and O–H groups in total. The highest BCUT2D eigenvalue weighted by molar-refractivity contribution is 5.92. The number of rotatable bonds is 6. The summed E-state index contributed by atoms with van der Waals surface area (Å²) >= 11 is 0. The largest absolute Gasteiger partial charge is 0.497 e. The lowest BCUT2D eigenvalue weighted by Crippen LogP contribution is -2.51. The van der Waals surface area contributed by atoms with Crippen LogP contribution in [0.25, 0.3) is 0 Å². The Kier molecular flexibility index (Phi) is 6.58. The predicted octanol–water partition coefficient (Wildman–Crippen LogP) is 0.848. The van der Waals surface area contributed by atoms with Crippen molar-refractivity contribution in [3.63, 3.8) is 0 Å². The van der Waals surface area contributed by atoms with Gasteiger partial charge in [0.25, 0.3) is 11.8 Å². The van der Waals surface area contributed by atoms with E-state index in [0.29, 0.717) is 23.0 Å². The number of amides is 2. The number of carbonyl (C=O) groups is 3. The Hall–Kier alpha value is -3.95. The summed E-state index contributed by atoms with van der Waals surface area (Å²) in [5, 5.41) is 0. The molecule has 1 aliphatic heterocycles. The monoisotopic (exact) mass is 416 g/mol. The van der Waals surface area contributed by atoms with Crippen molar-refractivity contribution in [3.8, 4) is 23.0 Å². The van der Waals surface area contributed by atoms with Gasteiger partial charge in [-0.3, -0.25) is 20.4 Å². The van der Waals surface area contributed by atoms with Gasteiger partial charge in [-0.2, -0.15) is 0 Å². The molecule has 2 aromatic rings. The fraction of sp³-hybridized carbons (Fsp3) is 0.250. The van der Waals surface area contributed by atoms with Gasteiger partial charge in [-0.25, -0.2) is 4.79 Å². The van der Waals surface area contributed by atoms with Crippen molar-refractivity contribution >= 4 is 17.8 Å². The van der Waals surface area contributed by atoms with Crippen molar-refractivity contribution in [2.45, 2.75) is 6.10 Å². The van der Waals surface area contributed by atoms with Crippen molar-refractivity contribution in [2.24, 2.45) is 0 Å². The molecule has 0 unspecified atom stereocenters. The van der Waals surface area contributed by atoms with Crippen molar-refractivity contribution in [2.75, 3.05) is 27.4 Å². The number of nitrogens with one attached hydrogen (secondary N) is 2.